The van der Waals surface area contributed by atoms with Crippen molar-refractivity contribution in [3.63, 3.8) is 0 Å². The number of nitro groups is 1. The Labute approximate surface area is 120 Å². The summed E-state index contributed by atoms with van der Waals surface area (Å²) in [7, 11) is 1.38. The highest BCUT2D eigenvalue weighted by Gasteiger charge is 2.15. The van der Waals surface area contributed by atoms with Gasteiger partial charge < -0.3 is 10.1 Å². The number of aromatic nitrogens is 1. The SMILES string of the molecule is COc1cc([N+](=O)[O-])ccc1NC(=O)c1cccnc1C. The average molecular weight is 287 g/mol. The van der Waals surface area contributed by atoms with Crippen molar-refractivity contribution in [3.8, 4) is 5.75 Å². The van der Waals surface area contributed by atoms with Crippen LogP contribution in [0.15, 0.2) is 36.5 Å². The summed E-state index contributed by atoms with van der Waals surface area (Å²) >= 11 is 0. The number of anilines is 1. The van der Waals surface area contributed by atoms with Crippen LogP contribution in [0, 0.1) is 17.0 Å². The number of benzene rings is 1. The van der Waals surface area contributed by atoms with Crippen LogP contribution in [0.1, 0.15) is 16.1 Å². The number of carbonyl (C=O) groups excluding carboxylic acids is 1. The molecule has 0 aliphatic carbocycles. The molecule has 21 heavy (non-hydrogen) atoms. The molecule has 0 fully saturated rings. The van der Waals surface area contributed by atoms with Gasteiger partial charge in [0.05, 0.1) is 29.4 Å². The van der Waals surface area contributed by atoms with Crippen LogP contribution in [-0.2, 0) is 0 Å². The number of non-ortho nitro benzene ring substituents is 1. The number of hydrogen-bond donors (Lipinski definition) is 1. The number of rotatable bonds is 4. The van der Waals surface area contributed by atoms with E-state index in [1.807, 2.05) is 0 Å². The monoisotopic (exact) mass is 287 g/mol. The van der Waals surface area contributed by atoms with Crippen molar-refractivity contribution < 1.29 is 14.5 Å². The molecule has 1 heterocycles. The van der Waals surface area contributed by atoms with Gasteiger partial charge in [-0.15, -0.1) is 0 Å². The van der Waals surface area contributed by atoms with E-state index < -0.39 is 4.92 Å². The van der Waals surface area contributed by atoms with E-state index in [-0.39, 0.29) is 17.3 Å². The van der Waals surface area contributed by atoms with Crippen LogP contribution in [0.4, 0.5) is 11.4 Å². The van der Waals surface area contributed by atoms with E-state index in [2.05, 4.69) is 10.3 Å². The van der Waals surface area contributed by atoms with Gasteiger partial charge in [-0.05, 0) is 25.1 Å². The van der Waals surface area contributed by atoms with Crippen LogP contribution in [0.5, 0.6) is 5.75 Å². The van der Waals surface area contributed by atoms with Crippen LogP contribution < -0.4 is 10.1 Å². The number of carbonyl (C=O) groups is 1. The first kappa shape index (κ1) is 14.4. The minimum absolute atomic E-state index is 0.109. The lowest BCUT2D eigenvalue weighted by Crippen LogP contribution is -2.14. The number of nitrogens with zero attached hydrogens (tertiary/aromatic N) is 2. The number of methoxy groups -OCH3 is 1. The summed E-state index contributed by atoms with van der Waals surface area (Å²) in [6.45, 7) is 1.72. The summed E-state index contributed by atoms with van der Waals surface area (Å²) in [5.41, 5.74) is 1.27. The Morgan fingerprint density at radius 2 is 2.14 bits per heavy atom. The molecule has 0 spiro atoms. The smallest absolute Gasteiger partial charge is 0.273 e. The van der Waals surface area contributed by atoms with Crippen LogP contribution in [0.3, 0.4) is 0 Å². The minimum Gasteiger partial charge on any atom is -0.494 e. The van der Waals surface area contributed by atoms with Gasteiger partial charge in [0.15, 0.2) is 0 Å². The predicted molar refractivity (Wildman–Crippen MR) is 76.6 cm³/mol. The molecule has 0 atom stereocenters. The topological polar surface area (TPSA) is 94.4 Å². The fourth-order valence-corrected chi connectivity index (χ4v) is 1.81. The molecule has 7 heteroatoms. The van der Waals surface area contributed by atoms with Gasteiger partial charge in [-0.3, -0.25) is 19.9 Å². The number of ether oxygens (including phenoxy) is 1. The molecule has 0 unspecified atom stereocenters. The quantitative estimate of drug-likeness (QED) is 0.688. The molecule has 0 aliphatic rings. The number of hydrogen-bond acceptors (Lipinski definition) is 5. The lowest BCUT2D eigenvalue weighted by Gasteiger charge is -2.10. The summed E-state index contributed by atoms with van der Waals surface area (Å²) in [4.78, 5) is 26.4. The number of amides is 1. The molecule has 0 bridgehead atoms. The molecule has 1 aromatic heterocycles. The molecule has 1 aromatic carbocycles. The lowest BCUT2D eigenvalue weighted by molar-refractivity contribution is -0.384. The van der Waals surface area contributed by atoms with Gasteiger partial charge in [-0.1, -0.05) is 0 Å². The van der Waals surface area contributed by atoms with E-state index >= 15 is 0 Å². The lowest BCUT2D eigenvalue weighted by atomic mass is 10.2. The van der Waals surface area contributed by atoms with Gasteiger partial charge in [0.25, 0.3) is 11.6 Å². The Hall–Kier alpha value is -2.96. The van der Waals surface area contributed by atoms with E-state index in [0.717, 1.165) is 0 Å². The fraction of sp³-hybridized carbons (Fsp3) is 0.143. The summed E-state index contributed by atoms with van der Waals surface area (Å²) < 4.78 is 5.07. The summed E-state index contributed by atoms with van der Waals surface area (Å²) in [5.74, 6) is -0.133. The molecule has 108 valence electrons. The van der Waals surface area contributed by atoms with E-state index in [4.69, 9.17) is 4.74 Å². The fourth-order valence-electron chi connectivity index (χ4n) is 1.81. The van der Waals surface area contributed by atoms with Crippen molar-refractivity contribution >= 4 is 17.3 Å². The largest absolute Gasteiger partial charge is 0.494 e. The maximum absolute atomic E-state index is 12.2. The second-order valence-electron chi connectivity index (χ2n) is 4.23. The van der Waals surface area contributed by atoms with Gasteiger partial charge in [0.1, 0.15) is 5.75 Å². The van der Waals surface area contributed by atoms with E-state index in [1.165, 1.54) is 25.3 Å². The Balaban J connectivity index is 2.29. The molecular formula is C14H13N3O4. The van der Waals surface area contributed by atoms with Gasteiger partial charge in [-0.2, -0.15) is 0 Å². The van der Waals surface area contributed by atoms with Gasteiger partial charge >= 0.3 is 0 Å². The maximum atomic E-state index is 12.2. The molecular weight excluding hydrogens is 274 g/mol. The van der Waals surface area contributed by atoms with Crippen molar-refractivity contribution in [2.75, 3.05) is 12.4 Å². The molecule has 1 amide bonds. The zero-order chi connectivity index (χ0) is 15.4. The average Bonchev–Trinajstić information content (AvgIpc) is 2.47. The third kappa shape index (κ3) is 3.14. The number of aryl methyl sites for hydroxylation is 1. The Kier molecular flexibility index (Phi) is 4.13. The standard InChI is InChI=1S/C14H13N3O4/c1-9-11(4-3-7-15-9)14(18)16-12-6-5-10(17(19)20)8-13(12)21-2/h3-8H,1-2H3,(H,16,18). The third-order valence-electron chi connectivity index (χ3n) is 2.90. The van der Waals surface area contributed by atoms with Crippen molar-refractivity contribution in [1.29, 1.82) is 0 Å². The van der Waals surface area contributed by atoms with Gasteiger partial charge in [0.2, 0.25) is 0 Å². The zero-order valence-electron chi connectivity index (χ0n) is 11.5. The van der Waals surface area contributed by atoms with Gasteiger partial charge in [0, 0.05) is 18.0 Å². The van der Waals surface area contributed by atoms with Crippen LogP contribution >= 0.6 is 0 Å². The first-order valence-corrected chi connectivity index (χ1v) is 6.08. The Morgan fingerprint density at radius 3 is 2.76 bits per heavy atom. The van der Waals surface area contributed by atoms with E-state index in [1.54, 1.807) is 25.3 Å². The first-order valence-electron chi connectivity index (χ1n) is 6.08. The summed E-state index contributed by atoms with van der Waals surface area (Å²) in [6, 6.07) is 7.30. The highest BCUT2D eigenvalue weighted by molar-refractivity contribution is 6.05. The van der Waals surface area contributed by atoms with Crippen molar-refractivity contribution in [2.45, 2.75) is 6.92 Å². The Bertz CT molecular complexity index is 700. The van der Waals surface area contributed by atoms with Crippen LogP contribution in [-0.4, -0.2) is 22.9 Å². The summed E-state index contributed by atoms with van der Waals surface area (Å²) in [5, 5.41) is 13.4. The van der Waals surface area contributed by atoms with E-state index in [9.17, 15) is 14.9 Å². The molecule has 0 aliphatic heterocycles. The highest BCUT2D eigenvalue weighted by atomic mass is 16.6. The maximum Gasteiger partial charge on any atom is 0.273 e. The van der Waals surface area contributed by atoms with Gasteiger partial charge in [-0.25, -0.2) is 0 Å². The predicted octanol–water partition coefficient (Wildman–Crippen LogP) is 2.56. The molecule has 7 nitrogen and oxygen atoms in total. The van der Waals surface area contributed by atoms with Crippen LogP contribution in [0.2, 0.25) is 0 Å². The normalized spacial score (nSPS) is 10.0. The number of nitrogens with one attached hydrogen (secondary N) is 1. The zero-order valence-corrected chi connectivity index (χ0v) is 11.5. The van der Waals surface area contributed by atoms with Crippen molar-refractivity contribution in [2.24, 2.45) is 0 Å². The molecule has 0 radical (unpaired) electrons. The van der Waals surface area contributed by atoms with Crippen molar-refractivity contribution in [1.82, 2.24) is 4.98 Å². The second kappa shape index (κ2) is 6.00. The first-order chi connectivity index (χ1) is 10.0. The molecule has 0 saturated carbocycles. The minimum atomic E-state index is -0.528. The Morgan fingerprint density at radius 1 is 1.38 bits per heavy atom. The third-order valence-corrected chi connectivity index (χ3v) is 2.90. The molecule has 2 rings (SSSR count). The number of nitro benzene ring substituents is 1. The second-order valence-corrected chi connectivity index (χ2v) is 4.23. The summed E-state index contributed by atoms with van der Waals surface area (Å²) in [6.07, 6.45) is 1.60. The highest BCUT2D eigenvalue weighted by Crippen LogP contribution is 2.29. The van der Waals surface area contributed by atoms with E-state index in [0.29, 0.717) is 16.9 Å². The molecule has 1 N–H and O–H groups in total. The molecule has 0 saturated heterocycles. The van der Waals surface area contributed by atoms with Crippen molar-refractivity contribution in [3.05, 3.63) is 57.9 Å². The van der Waals surface area contributed by atoms with Crippen LogP contribution in [0.25, 0.3) is 0 Å². The molecule has 2 aromatic rings. The number of pyridine rings is 1.